The SMILES string of the molecule is CCC=C(C)COC1CCCCC1OC(=O)C(C)=CCC. The zero-order valence-corrected chi connectivity index (χ0v) is 14.0. The van der Waals surface area contributed by atoms with Crippen LogP contribution in [-0.4, -0.2) is 24.8 Å². The highest BCUT2D eigenvalue weighted by Crippen LogP contribution is 2.25. The van der Waals surface area contributed by atoms with E-state index in [1.807, 2.05) is 19.9 Å². The average molecular weight is 294 g/mol. The van der Waals surface area contributed by atoms with Gasteiger partial charge in [-0.05, 0) is 46.0 Å². The molecule has 0 aliphatic heterocycles. The van der Waals surface area contributed by atoms with E-state index in [0.717, 1.165) is 38.5 Å². The van der Waals surface area contributed by atoms with Gasteiger partial charge in [0, 0.05) is 5.57 Å². The predicted molar refractivity (Wildman–Crippen MR) is 86.2 cm³/mol. The first-order valence-electron chi connectivity index (χ1n) is 8.23. The fraction of sp³-hybridized carbons (Fsp3) is 0.722. The normalized spacial score (nSPS) is 24.0. The first-order valence-corrected chi connectivity index (χ1v) is 8.23. The first-order chi connectivity index (χ1) is 10.1. The van der Waals surface area contributed by atoms with E-state index in [0.29, 0.717) is 12.2 Å². The highest BCUT2D eigenvalue weighted by atomic mass is 16.6. The van der Waals surface area contributed by atoms with Crippen molar-refractivity contribution in [1.29, 1.82) is 0 Å². The molecular formula is C18H30O3. The van der Waals surface area contributed by atoms with Gasteiger partial charge in [0.25, 0.3) is 0 Å². The molecule has 21 heavy (non-hydrogen) atoms. The van der Waals surface area contributed by atoms with E-state index < -0.39 is 0 Å². The van der Waals surface area contributed by atoms with Crippen molar-refractivity contribution in [3.05, 3.63) is 23.3 Å². The lowest BCUT2D eigenvalue weighted by molar-refractivity contribution is -0.155. The van der Waals surface area contributed by atoms with Gasteiger partial charge in [0.1, 0.15) is 6.10 Å². The van der Waals surface area contributed by atoms with Crippen molar-refractivity contribution in [1.82, 2.24) is 0 Å². The van der Waals surface area contributed by atoms with Gasteiger partial charge in [0.15, 0.2) is 0 Å². The van der Waals surface area contributed by atoms with Crippen molar-refractivity contribution in [3.8, 4) is 0 Å². The fourth-order valence-corrected chi connectivity index (χ4v) is 2.65. The molecule has 0 saturated heterocycles. The number of hydrogen-bond acceptors (Lipinski definition) is 3. The molecule has 2 unspecified atom stereocenters. The van der Waals surface area contributed by atoms with Crippen molar-refractivity contribution in [3.63, 3.8) is 0 Å². The maximum atomic E-state index is 12.0. The molecular weight excluding hydrogens is 264 g/mol. The molecule has 3 heteroatoms. The second-order valence-corrected chi connectivity index (χ2v) is 5.83. The van der Waals surface area contributed by atoms with Crippen LogP contribution in [0.5, 0.6) is 0 Å². The van der Waals surface area contributed by atoms with Crippen molar-refractivity contribution in [2.45, 2.75) is 78.4 Å². The van der Waals surface area contributed by atoms with Gasteiger partial charge in [-0.15, -0.1) is 0 Å². The minimum atomic E-state index is -0.196. The number of esters is 1. The summed E-state index contributed by atoms with van der Waals surface area (Å²) in [7, 11) is 0. The zero-order chi connectivity index (χ0) is 15.7. The lowest BCUT2D eigenvalue weighted by Gasteiger charge is -2.31. The third-order valence-electron chi connectivity index (χ3n) is 3.81. The van der Waals surface area contributed by atoms with Gasteiger partial charge in [-0.25, -0.2) is 4.79 Å². The summed E-state index contributed by atoms with van der Waals surface area (Å²) in [4.78, 5) is 12.0. The Labute approximate surface area is 129 Å². The van der Waals surface area contributed by atoms with E-state index >= 15 is 0 Å². The molecule has 1 rings (SSSR count). The fourth-order valence-electron chi connectivity index (χ4n) is 2.65. The Balaban J connectivity index is 2.55. The Hall–Kier alpha value is -1.09. The Bertz CT molecular complexity index is 382. The Morgan fingerprint density at radius 2 is 1.67 bits per heavy atom. The summed E-state index contributed by atoms with van der Waals surface area (Å²) >= 11 is 0. The maximum absolute atomic E-state index is 12.0. The van der Waals surface area contributed by atoms with Crippen LogP contribution in [0.2, 0.25) is 0 Å². The van der Waals surface area contributed by atoms with Crippen LogP contribution in [0, 0.1) is 0 Å². The second-order valence-electron chi connectivity index (χ2n) is 5.83. The lowest BCUT2D eigenvalue weighted by atomic mass is 9.94. The van der Waals surface area contributed by atoms with Crippen molar-refractivity contribution in [2.75, 3.05) is 6.61 Å². The van der Waals surface area contributed by atoms with Crippen LogP contribution in [-0.2, 0) is 14.3 Å². The molecule has 0 aromatic carbocycles. The minimum Gasteiger partial charge on any atom is -0.456 e. The molecule has 3 nitrogen and oxygen atoms in total. The van der Waals surface area contributed by atoms with Crippen LogP contribution in [0.4, 0.5) is 0 Å². The van der Waals surface area contributed by atoms with Gasteiger partial charge in [-0.2, -0.15) is 0 Å². The van der Waals surface area contributed by atoms with Crippen LogP contribution < -0.4 is 0 Å². The molecule has 1 fully saturated rings. The van der Waals surface area contributed by atoms with Crippen LogP contribution in [0.25, 0.3) is 0 Å². The summed E-state index contributed by atoms with van der Waals surface area (Å²) in [6, 6.07) is 0. The molecule has 0 aromatic rings. The van der Waals surface area contributed by atoms with Crippen LogP contribution in [0.15, 0.2) is 23.3 Å². The third kappa shape index (κ3) is 6.47. The summed E-state index contributed by atoms with van der Waals surface area (Å²) in [5, 5.41) is 0. The summed E-state index contributed by atoms with van der Waals surface area (Å²) in [5.74, 6) is -0.196. The zero-order valence-electron chi connectivity index (χ0n) is 14.0. The number of ether oxygens (including phenoxy) is 2. The minimum absolute atomic E-state index is 0.0392. The van der Waals surface area contributed by atoms with Crippen molar-refractivity contribution in [2.24, 2.45) is 0 Å². The number of carbonyl (C=O) groups is 1. The van der Waals surface area contributed by atoms with E-state index in [1.165, 1.54) is 5.57 Å². The van der Waals surface area contributed by atoms with Gasteiger partial charge in [-0.3, -0.25) is 0 Å². The molecule has 120 valence electrons. The van der Waals surface area contributed by atoms with E-state index in [2.05, 4.69) is 19.9 Å². The molecule has 1 saturated carbocycles. The summed E-state index contributed by atoms with van der Waals surface area (Å²) in [5.41, 5.74) is 1.94. The molecule has 1 aliphatic carbocycles. The van der Waals surface area contributed by atoms with E-state index in [4.69, 9.17) is 9.47 Å². The number of allylic oxidation sites excluding steroid dienone is 2. The third-order valence-corrected chi connectivity index (χ3v) is 3.81. The maximum Gasteiger partial charge on any atom is 0.333 e. The van der Waals surface area contributed by atoms with E-state index in [1.54, 1.807) is 0 Å². The molecule has 0 radical (unpaired) electrons. The molecule has 1 aliphatic rings. The van der Waals surface area contributed by atoms with Gasteiger partial charge in [0.05, 0.1) is 12.7 Å². The largest absolute Gasteiger partial charge is 0.456 e. The van der Waals surface area contributed by atoms with Gasteiger partial charge in [0.2, 0.25) is 0 Å². The van der Waals surface area contributed by atoms with Crippen LogP contribution in [0.1, 0.15) is 66.2 Å². The van der Waals surface area contributed by atoms with E-state index in [-0.39, 0.29) is 18.2 Å². The summed E-state index contributed by atoms with van der Waals surface area (Å²) < 4.78 is 11.6. The van der Waals surface area contributed by atoms with Gasteiger partial charge >= 0.3 is 5.97 Å². The monoisotopic (exact) mass is 294 g/mol. The number of hydrogen-bond donors (Lipinski definition) is 0. The Morgan fingerprint density at radius 1 is 1.05 bits per heavy atom. The first kappa shape index (κ1) is 18.0. The number of carbonyl (C=O) groups excluding carboxylic acids is 1. The lowest BCUT2D eigenvalue weighted by Crippen LogP contribution is -2.37. The average Bonchev–Trinajstić information content (AvgIpc) is 2.47. The van der Waals surface area contributed by atoms with Crippen LogP contribution >= 0.6 is 0 Å². The predicted octanol–water partition coefficient (Wildman–Crippen LogP) is 4.57. The van der Waals surface area contributed by atoms with E-state index in [9.17, 15) is 4.79 Å². The molecule has 0 N–H and O–H groups in total. The highest BCUT2D eigenvalue weighted by molar-refractivity contribution is 5.87. The topological polar surface area (TPSA) is 35.5 Å². The second kappa shape index (κ2) is 9.78. The Morgan fingerprint density at radius 3 is 2.29 bits per heavy atom. The number of rotatable bonds is 7. The molecule has 2 atom stereocenters. The molecule has 0 spiro atoms. The smallest absolute Gasteiger partial charge is 0.333 e. The quantitative estimate of drug-likeness (QED) is 0.392. The summed E-state index contributed by atoms with van der Waals surface area (Å²) in [6.07, 6.45) is 10.1. The van der Waals surface area contributed by atoms with Crippen molar-refractivity contribution >= 4 is 5.97 Å². The molecule has 0 heterocycles. The summed E-state index contributed by atoms with van der Waals surface area (Å²) in [6.45, 7) is 8.68. The highest BCUT2D eigenvalue weighted by Gasteiger charge is 2.29. The molecule has 0 amide bonds. The molecule has 0 aromatic heterocycles. The Kier molecular flexibility index (Phi) is 8.36. The van der Waals surface area contributed by atoms with Gasteiger partial charge in [-0.1, -0.05) is 38.0 Å². The van der Waals surface area contributed by atoms with Crippen LogP contribution in [0.3, 0.4) is 0 Å². The standard InChI is InChI=1S/C18H30O3/c1-5-9-14(3)13-20-16-11-7-8-12-17(16)21-18(19)15(4)10-6-2/h9-10,16-17H,5-8,11-13H2,1-4H3. The van der Waals surface area contributed by atoms with Crippen molar-refractivity contribution < 1.29 is 14.3 Å². The molecule has 0 bridgehead atoms. The van der Waals surface area contributed by atoms with Gasteiger partial charge < -0.3 is 9.47 Å².